The minimum Gasteiger partial charge on any atom is -0.497 e. The van der Waals surface area contributed by atoms with Crippen molar-refractivity contribution in [3.05, 3.63) is 60.5 Å². The average molecular weight is 305 g/mol. The molecule has 0 N–H and O–H groups in total. The minimum atomic E-state index is 0.711. The van der Waals surface area contributed by atoms with Crippen LogP contribution in [-0.2, 0) is 0 Å². The molecule has 114 valence electrons. The highest BCUT2D eigenvalue weighted by atomic mass is 16.5. The number of benzene rings is 1. The van der Waals surface area contributed by atoms with Crippen LogP contribution in [0.3, 0.4) is 0 Å². The number of furan rings is 1. The Hall–Kier alpha value is -3.08. The molecule has 0 spiro atoms. The standard InChI is InChI=1S/C18H15N3O2/c1-12-8-9-16(23-12)18-20-15-7-4-10-19-17(15)21(18)13-5-3-6-14(11-13)22-2/h3-11H,1-2H3. The fraction of sp³-hybridized carbons (Fsp3) is 0.111. The van der Waals surface area contributed by atoms with Crippen molar-refractivity contribution in [1.82, 2.24) is 14.5 Å². The predicted molar refractivity (Wildman–Crippen MR) is 87.9 cm³/mol. The molecule has 3 aromatic heterocycles. The summed E-state index contributed by atoms with van der Waals surface area (Å²) >= 11 is 0. The number of hydrogen-bond acceptors (Lipinski definition) is 4. The largest absolute Gasteiger partial charge is 0.497 e. The maximum Gasteiger partial charge on any atom is 0.183 e. The highest BCUT2D eigenvalue weighted by Gasteiger charge is 2.17. The molecule has 0 fully saturated rings. The Morgan fingerprint density at radius 1 is 1.09 bits per heavy atom. The van der Waals surface area contributed by atoms with Gasteiger partial charge in [-0.25, -0.2) is 9.97 Å². The number of ether oxygens (including phenoxy) is 1. The third-order valence-electron chi connectivity index (χ3n) is 3.69. The first kappa shape index (κ1) is 13.6. The molecule has 0 aliphatic rings. The maximum absolute atomic E-state index is 5.78. The zero-order chi connectivity index (χ0) is 15.8. The van der Waals surface area contributed by atoms with Crippen LogP contribution in [0, 0.1) is 6.92 Å². The number of nitrogens with zero attached hydrogens (tertiary/aromatic N) is 3. The fourth-order valence-corrected chi connectivity index (χ4v) is 2.63. The molecule has 0 radical (unpaired) electrons. The molecule has 0 atom stereocenters. The van der Waals surface area contributed by atoms with Gasteiger partial charge in [0.15, 0.2) is 17.2 Å². The Morgan fingerprint density at radius 2 is 2.00 bits per heavy atom. The molecular weight excluding hydrogens is 290 g/mol. The number of fused-ring (bicyclic) bond motifs is 1. The molecule has 5 heteroatoms. The second kappa shape index (κ2) is 5.28. The van der Waals surface area contributed by atoms with E-state index in [9.17, 15) is 0 Å². The molecule has 5 nitrogen and oxygen atoms in total. The Bertz CT molecular complexity index is 985. The summed E-state index contributed by atoms with van der Waals surface area (Å²) in [6.45, 7) is 1.92. The number of imidazole rings is 1. The van der Waals surface area contributed by atoms with Crippen LogP contribution in [0.5, 0.6) is 5.75 Å². The van der Waals surface area contributed by atoms with Crippen molar-refractivity contribution < 1.29 is 9.15 Å². The third-order valence-corrected chi connectivity index (χ3v) is 3.69. The summed E-state index contributed by atoms with van der Waals surface area (Å²) in [6, 6.07) is 15.5. The highest BCUT2D eigenvalue weighted by molar-refractivity contribution is 5.78. The fourth-order valence-electron chi connectivity index (χ4n) is 2.63. The number of pyridine rings is 1. The summed E-state index contributed by atoms with van der Waals surface area (Å²) in [5.74, 6) is 3.06. The van der Waals surface area contributed by atoms with E-state index in [0.29, 0.717) is 5.76 Å². The molecule has 4 aromatic rings. The van der Waals surface area contributed by atoms with Crippen LogP contribution >= 0.6 is 0 Å². The second-order valence-electron chi connectivity index (χ2n) is 5.23. The van der Waals surface area contributed by atoms with Crippen LogP contribution in [0.1, 0.15) is 5.76 Å². The summed E-state index contributed by atoms with van der Waals surface area (Å²) < 4.78 is 13.1. The molecule has 0 saturated heterocycles. The van der Waals surface area contributed by atoms with E-state index >= 15 is 0 Å². The van der Waals surface area contributed by atoms with Gasteiger partial charge in [0.2, 0.25) is 0 Å². The SMILES string of the molecule is COc1cccc(-n2c(-c3ccc(C)o3)nc3cccnc32)c1. The highest BCUT2D eigenvalue weighted by Crippen LogP contribution is 2.29. The lowest BCUT2D eigenvalue weighted by molar-refractivity contribution is 0.414. The van der Waals surface area contributed by atoms with Crippen molar-refractivity contribution in [3.63, 3.8) is 0 Å². The molecular formula is C18H15N3O2. The van der Waals surface area contributed by atoms with Crippen molar-refractivity contribution in [3.8, 4) is 23.0 Å². The Morgan fingerprint density at radius 3 is 2.78 bits per heavy atom. The van der Waals surface area contributed by atoms with Crippen LogP contribution in [0.25, 0.3) is 28.4 Å². The Kier molecular flexibility index (Phi) is 3.12. The van der Waals surface area contributed by atoms with Gasteiger partial charge in [-0.2, -0.15) is 0 Å². The van der Waals surface area contributed by atoms with E-state index in [0.717, 1.165) is 34.2 Å². The van der Waals surface area contributed by atoms with Crippen LogP contribution in [0.4, 0.5) is 0 Å². The first-order valence-corrected chi connectivity index (χ1v) is 7.31. The molecule has 0 aliphatic heterocycles. The molecule has 1 aromatic carbocycles. The molecule has 0 unspecified atom stereocenters. The van der Waals surface area contributed by atoms with E-state index in [4.69, 9.17) is 14.1 Å². The third kappa shape index (κ3) is 2.26. The average Bonchev–Trinajstić information content (AvgIpc) is 3.18. The minimum absolute atomic E-state index is 0.711. The van der Waals surface area contributed by atoms with Gasteiger partial charge in [-0.15, -0.1) is 0 Å². The van der Waals surface area contributed by atoms with Crippen molar-refractivity contribution in [1.29, 1.82) is 0 Å². The van der Waals surface area contributed by atoms with Gasteiger partial charge in [0, 0.05) is 12.3 Å². The van der Waals surface area contributed by atoms with Crippen LogP contribution in [-0.4, -0.2) is 21.6 Å². The zero-order valence-corrected chi connectivity index (χ0v) is 12.9. The van der Waals surface area contributed by atoms with Gasteiger partial charge >= 0.3 is 0 Å². The van der Waals surface area contributed by atoms with Gasteiger partial charge in [-0.05, 0) is 43.3 Å². The van der Waals surface area contributed by atoms with Gasteiger partial charge in [0.25, 0.3) is 0 Å². The van der Waals surface area contributed by atoms with E-state index in [1.54, 1.807) is 13.3 Å². The molecule has 3 heterocycles. The predicted octanol–water partition coefficient (Wildman–Crippen LogP) is 4.00. The van der Waals surface area contributed by atoms with Crippen LogP contribution in [0.2, 0.25) is 0 Å². The Labute approximate surface area is 133 Å². The van der Waals surface area contributed by atoms with Crippen molar-refractivity contribution in [2.45, 2.75) is 6.92 Å². The van der Waals surface area contributed by atoms with E-state index in [1.807, 2.05) is 60.0 Å². The maximum atomic E-state index is 5.78. The molecule has 0 amide bonds. The number of rotatable bonds is 3. The quantitative estimate of drug-likeness (QED) is 0.574. The van der Waals surface area contributed by atoms with Gasteiger partial charge in [-0.3, -0.25) is 4.57 Å². The molecule has 0 aliphatic carbocycles. The van der Waals surface area contributed by atoms with Gasteiger partial charge in [0.05, 0.1) is 12.8 Å². The summed E-state index contributed by atoms with van der Waals surface area (Å²) in [4.78, 5) is 9.18. The van der Waals surface area contributed by atoms with E-state index < -0.39 is 0 Å². The van der Waals surface area contributed by atoms with Crippen molar-refractivity contribution >= 4 is 11.2 Å². The van der Waals surface area contributed by atoms with Gasteiger partial charge < -0.3 is 9.15 Å². The Balaban J connectivity index is 2.03. The monoisotopic (exact) mass is 305 g/mol. The number of aryl methyl sites for hydroxylation is 1. The first-order chi connectivity index (χ1) is 11.3. The summed E-state index contributed by atoms with van der Waals surface area (Å²) in [6.07, 6.45) is 1.76. The number of hydrogen-bond donors (Lipinski definition) is 0. The van der Waals surface area contributed by atoms with Gasteiger partial charge in [0.1, 0.15) is 17.0 Å². The zero-order valence-electron chi connectivity index (χ0n) is 12.9. The normalized spacial score (nSPS) is 11.0. The lowest BCUT2D eigenvalue weighted by Gasteiger charge is -2.09. The smallest absolute Gasteiger partial charge is 0.183 e. The molecule has 0 saturated carbocycles. The topological polar surface area (TPSA) is 53.1 Å². The number of methoxy groups -OCH3 is 1. The summed E-state index contributed by atoms with van der Waals surface area (Å²) in [5.41, 5.74) is 2.53. The lowest BCUT2D eigenvalue weighted by Crippen LogP contribution is -1.98. The van der Waals surface area contributed by atoms with Crippen LogP contribution in [0.15, 0.2) is 59.1 Å². The molecule has 0 bridgehead atoms. The second-order valence-corrected chi connectivity index (χ2v) is 5.23. The van der Waals surface area contributed by atoms with Crippen molar-refractivity contribution in [2.75, 3.05) is 7.11 Å². The van der Waals surface area contributed by atoms with Crippen LogP contribution < -0.4 is 4.74 Å². The summed E-state index contributed by atoms with van der Waals surface area (Å²) in [7, 11) is 1.65. The first-order valence-electron chi connectivity index (χ1n) is 7.31. The number of aromatic nitrogens is 3. The van der Waals surface area contributed by atoms with E-state index in [-0.39, 0.29) is 0 Å². The summed E-state index contributed by atoms with van der Waals surface area (Å²) in [5, 5.41) is 0. The van der Waals surface area contributed by atoms with Crippen molar-refractivity contribution in [2.24, 2.45) is 0 Å². The lowest BCUT2D eigenvalue weighted by atomic mass is 10.3. The molecule has 23 heavy (non-hydrogen) atoms. The van der Waals surface area contributed by atoms with E-state index in [1.165, 1.54) is 0 Å². The van der Waals surface area contributed by atoms with Gasteiger partial charge in [-0.1, -0.05) is 6.07 Å². The molecule has 4 rings (SSSR count). The van der Waals surface area contributed by atoms with E-state index in [2.05, 4.69) is 4.98 Å².